The van der Waals surface area contributed by atoms with Crippen LogP contribution < -0.4 is 5.32 Å². The van der Waals surface area contributed by atoms with Crippen LogP contribution in [0.25, 0.3) is 0 Å². The molecule has 3 aliphatic heterocycles. The van der Waals surface area contributed by atoms with Crippen molar-refractivity contribution in [3.8, 4) is 0 Å². The summed E-state index contributed by atoms with van der Waals surface area (Å²) in [7, 11) is 1.71. The van der Waals surface area contributed by atoms with E-state index in [0.717, 1.165) is 106 Å². The number of hydrogen-bond donors (Lipinski definition) is 1. The number of nitrogens with zero attached hydrogens (tertiary/aromatic N) is 3. The van der Waals surface area contributed by atoms with Gasteiger partial charge in [0.2, 0.25) is 11.8 Å². The minimum atomic E-state index is -0.0270. The van der Waals surface area contributed by atoms with E-state index in [9.17, 15) is 14.4 Å². The Balaban J connectivity index is 0.000000137. The molecule has 2 spiro atoms. The van der Waals surface area contributed by atoms with E-state index >= 15 is 0 Å². The van der Waals surface area contributed by atoms with Crippen molar-refractivity contribution in [2.45, 2.75) is 139 Å². The molecular formula is C53H72N4O3. The molecule has 2 saturated heterocycles. The maximum absolute atomic E-state index is 13.4. The van der Waals surface area contributed by atoms with Crippen LogP contribution in [0.1, 0.15) is 138 Å². The topological polar surface area (TPSA) is 73.0 Å². The van der Waals surface area contributed by atoms with Crippen LogP contribution >= 0.6 is 0 Å². The first-order valence-electron chi connectivity index (χ1n) is 24.9. The summed E-state index contributed by atoms with van der Waals surface area (Å²) < 4.78 is 0. The lowest BCUT2D eigenvalue weighted by molar-refractivity contribution is -0.138. The van der Waals surface area contributed by atoms with E-state index in [1.165, 1.54) is 107 Å². The van der Waals surface area contributed by atoms with Gasteiger partial charge in [-0.05, 0) is 196 Å². The molecule has 12 aliphatic rings. The van der Waals surface area contributed by atoms with Gasteiger partial charge in [0.1, 0.15) is 0 Å². The van der Waals surface area contributed by atoms with E-state index in [2.05, 4.69) is 63.6 Å². The molecule has 7 nitrogen and oxygen atoms in total. The summed E-state index contributed by atoms with van der Waals surface area (Å²) in [4.78, 5) is 45.4. The molecule has 3 heterocycles. The minimum absolute atomic E-state index is 0.000675. The third-order valence-corrected chi connectivity index (χ3v) is 19.4. The fourth-order valence-electron chi connectivity index (χ4n) is 16.9. The third kappa shape index (κ3) is 7.12. The van der Waals surface area contributed by atoms with Crippen molar-refractivity contribution < 1.29 is 14.4 Å². The van der Waals surface area contributed by atoms with Crippen molar-refractivity contribution in [2.24, 2.45) is 59.2 Å². The highest BCUT2D eigenvalue weighted by molar-refractivity contribution is 5.77. The lowest BCUT2D eigenvalue weighted by atomic mass is 9.51. The Morgan fingerprint density at radius 1 is 0.550 bits per heavy atom. The first-order valence-corrected chi connectivity index (χ1v) is 24.9. The summed E-state index contributed by atoms with van der Waals surface area (Å²) in [5, 5.41) is 2.81. The molecule has 9 aliphatic carbocycles. The maximum Gasteiger partial charge on any atom is 0.317 e. The maximum atomic E-state index is 13.4. The molecule has 2 aromatic carbocycles. The van der Waals surface area contributed by atoms with Crippen molar-refractivity contribution in [2.75, 3.05) is 39.8 Å². The van der Waals surface area contributed by atoms with Gasteiger partial charge >= 0.3 is 6.03 Å². The highest BCUT2D eigenvalue weighted by Crippen LogP contribution is 2.59. The molecule has 0 atom stereocenters. The largest absolute Gasteiger partial charge is 0.343 e. The zero-order valence-electron chi connectivity index (χ0n) is 36.6. The molecule has 7 heteroatoms. The van der Waals surface area contributed by atoms with E-state index in [0.29, 0.717) is 35.6 Å². The van der Waals surface area contributed by atoms with Gasteiger partial charge in [0.15, 0.2) is 0 Å². The molecule has 322 valence electrons. The minimum Gasteiger partial charge on any atom is -0.343 e. The molecule has 0 unspecified atom stereocenters. The summed E-state index contributed by atoms with van der Waals surface area (Å²) in [6.45, 7) is 5.04. The van der Waals surface area contributed by atoms with Gasteiger partial charge in [0, 0.05) is 64.6 Å². The molecule has 4 amide bonds. The van der Waals surface area contributed by atoms with Crippen LogP contribution in [0.5, 0.6) is 0 Å². The Hall–Kier alpha value is -3.35. The van der Waals surface area contributed by atoms with E-state index in [1.54, 1.807) is 18.2 Å². The number of urea groups is 1. The average Bonchev–Trinajstić information content (AvgIpc) is 3.26. The van der Waals surface area contributed by atoms with Crippen LogP contribution in [-0.4, -0.2) is 72.3 Å². The van der Waals surface area contributed by atoms with Crippen LogP contribution in [0.15, 0.2) is 48.5 Å². The van der Waals surface area contributed by atoms with Gasteiger partial charge in [-0.2, -0.15) is 0 Å². The summed E-state index contributed by atoms with van der Waals surface area (Å²) in [6, 6.07) is 17.7. The number of aryl methyl sites for hydroxylation is 1. The number of carbonyl (C=O) groups is 3. The highest BCUT2D eigenvalue weighted by Gasteiger charge is 2.51. The molecule has 0 radical (unpaired) electrons. The van der Waals surface area contributed by atoms with Crippen molar-refractivity contribution in [1.82, 2.24) is 20.0 Å². The molecule has 60 heavy (non-hydrogen) atoms. The molecule has 8 saturated carbocycles. The van der Waals surface area contributed by atoms with Crippen molar-refractivity contribution in [3.63, 3.8) is 0 Å². The lowest BCUT2D eigenvalue weighted by Gasteiger charge is -2.54. The molecule has 2 aromatic rings. The van der Waals surface area contributed by atoms with E-state index < -0.39 is 0 Å². The second-order valence-electron chi connectivity index (χ2n) is 22.5. The molecular weight excluding hydrogens is 741 g/mol. The number of benzene rings is 2. The number of likely N-dealkylation sites (tertiary alicyclic amines) is 2. The van der Waals surface area contributed by atoms with Gasteiger partial charge in [-0.15, -0.1) is 0 Å². The third-order valence-electron chi connectivity index (χ3n) is 19.4. The Morgan fingerprint density at radius 3 is 1.47 bits per heavy atom. The Morgan fingerprint density at radius 2 is 0.983 bits per heavy atom. The first-order chi connectivity index (χ1) is 29.2. The quantitative estimate of drug-likeness (QED) is 0.335. The van der Waals surface area contributed by atoms with E-state index in [4.69, 9.17) is 0 Å². The first kappa shape index (κ1) is 39.5. The van der Waals surface area contributed by atoms with Crippen LogP contribution in [-0.2, 0) is 33.4 Å². The van der Waals surface area contributed by atoms with Gasteiger partial charge < -0.3 is 20.0 Å². The monoisotopic (exact) mass is 813 g/mol. The number of fused-ring (bicyclic) bond motifs is 4. The number of rotatable bonds is 4. The van der Waals surface area contributed by atoms with Crippen LogP contribution in [0.3, 0.4) is 0 Å². The average molecular weight is 813 g/mol. The highest BCUT2D eigenvalue weighted by atomic mass is 16.2. The zero-order chi connectivity index (χ0) is 40.6. The smallest absolute Gasteiger partial charge is 0.317 e. The molecule has 8 bridgehead atoms. The van der Waals surface area contributed by atoms with Crippen molar-refractivity contribution in [1.29, 1.82) is 0 Å². The standard InChI is InChI=1S/C27H37N3O2.C26H35NO/c1-28-26(32)30-16-20-4-2-3-5-24(20)27(17-30)6-8-29(9-7-27)25(31)15-23-21-11-18-10-19(13-21)14-22(23)12-18;28-25(17-23-21-13-18-12-19(15-21)16-22(23)14-18)27-10-8-26(9-11-27)7-3-5-20-4-1-2-6-24(20)26/h2-5,18-19,21-23H,6-17H2,1H3,(H,28,32);1-2,4,6,18-19,21-23H,3,5,7-17H2. The number of hydrogen-bond acceptors (Lipinski definition) is 3. The van der Waals surface area contributed by atoms with Gasteiger partial charge in [0.05, 0.1) is 0 Å². The molecule has 14 rings (SSSR count). The van der Waals surface area contributed by atoms with Gasteiger partial charge in [-0.3, -0.25) is 9.59 Å². The lowest BCUT2D eigenvalue weighted by Crippen LogP contribution is -2.55. The number of nitrogens with one attached hydrogen (secondary N) is 1. The second-order valence-corrected chi connectivity index (χ2v) is 22.5. The summed E-state index contributed by atoms with van der Waals surface area (Å²) in [5.41, 5.74) is 6.16. The van der Waals surface area contributed by atoms with Gasteiger partial charge in [0.25, 0.3) is 0 Å². The molecule has 1 N–H and O–H groups in total. The summed E-state index contributed by atoms with van der Waals surface area (Å²) >= 11 is 0. The van der Waals surface area contributed by atoms with Crippen LogP contribution in [0.2, 0.25) is 0 Å². The Kier molecular flexibility index (Phi) is 10.4. The normalized spacial score (nSPS) is 36.0. The summed E-state index contributed by atoms with van der Waals surface area (Å²) in [5.74, 6) is 9.57. The number of amides is 4. The van der Waals surface area contributed by atoms with E-state index in [-0.39, 0.29) is 11.4 Å². The molecule has 10 fully saturated rings. The molecule has 0 aromatic heterocycles. The predicted octanol–water partition coefficient (Wildman–Crippen LogP) is 9.51. The SMILES string of the molecule is CNC(=O)N1Cc2ccccc2C2(CCN(C(=O)CC3C4CC5CC(C4)CC3C5)CC2)C1.O=C(CC1C2CC3CC(C2)CC1C3)N1CCC2(CCCc3ccccc32)CC1. The van der Waals surface area contributed by atoms with Crippen LogP contribution in [0.4, 0.5) is 4.79 Å². The number of carbonyl (C=O) groups excluding carboxylic acids is 3. The van der Waals surface area contributed by atoms with Crippen LogP contribution in [0, 0.1) is 59.2 Å². The van der Waals surface area contributed by atoms with E-state index in [1.807, 2.05) is 4.90 Å². The van der Waals surface area contributed by atoms with Gasteiger partial charge in [-0.1, -0.05) is 48.5 Å². The Bertz CT molecular complexity index is 1880. The Labute approximate surface area is 360 Å². The summed E-state index contributed by atoms with van der Waals surface area (Å²) in [6.07, 6.45) is 24.0. The van der Waals surface area contributed by atoms with Crippen molar-refractivity contribution >= 4 is 17.8 Å². The fourth-order valence-corrected chi connectivity index (χ4v) is 16.9. The van der Waals surface area contributed by atoms with Gasteiger partial charge in [-0.25, -0.2) is 4.79 Å². The number of piperidine rings is 2. The predicted molar refractivity (Wildman–Crippen MR) is 236 cm³/mol. The van der Waals surface area contributed by atoms with Crippen molar-refractivity contribution in [3.05, 3.63) is 70.8 Å². The fraction of sp³-hybridized carbons (Fsp3) is 0.717. The second kappa shape index (κ2) is 15.8. The zero-order valence-corrected chi connectivity index (χ0v) is 36.6.